The third-order valence-corrected chi connectivity index (χ3v) is 1.89. The van der Waals surface area contributed by atoms with E-state index in [1.54, 1.807) is 6.20 Å². The minimum atomic E-state index is -0.915. The SMILES string of the molecule is CC(=O)C(=[N+]=[N-])C(=O)OCCc1ccc[nH]1. The summed E-state index contributed by atoms with van der Waals surface area (Å²) in [5, 5.41) is 0. The molecule has 0 radical (unpaired) electrons. The summed E-state index contributed by atoms with van der Waals surface area (Å²) in [7, 11) is 0. The van der Waals surface area contributed by atoms with Crippen molar-refractivity contribution in [2.75, 3.05) is 6.61 Å². The van der Waals surface area contributed by atoms with E-state index >= 15 is 0 Å². The molecule has 0 unspecified atom stereocenters. The molecule has 0 saturated heterocycles. The van der Waals surface area contributed by atoms with Crippen molar-refractivity contribution >= 4 is 17.5 Å². The van der Waals surface area contributed by atoms with Gasteiger partial charge in [-0.2, -0.15) is 4.79 Å². The second-order valence-electron chi connectivity index (χ2n) is 3.09. The lowest BCUT2D eigenvalue weighted by Crippen LogP contribution is -2.26. The summed E-state index contributed by atoms with van der Waals surface area (Å²) in [6.45, 7) is 1.24. The second kappa shape index (κ2) is 5.63. The van der Waals surface area contributed by atoms with Gasteiger partial charge < -0.3 is 15.3 Å². The number of aromatic nitrogens is 1. The van der Waals surface area contributed by atoms with E-state index in [0.717, 1.165) is 12.6 Å². The molecule has 16 heavy (non-hydrogen) atoms. The molecule has 0 aliphatic carbocycles. The number of ether oxygens (including phenoxy) is 1. The third-order valence-electron chi connectivity index (χ3n) is 1.89. The largest absolute Gasteiger partial charge is 0.456 e. The van der Waals surface area contributed by atoms with E-state index in [0.29, 0.717) is 6.42 Å². The molecule has 84 valence electrons. The molecular weight excluding hydrogens is 210 g/mol. The van der Waals surface area contributed by atoms with Gasteiger partial charge in [0.05, 0.1) is 6.61 Å². The van der Waals surface area contributed by atoms with Crippen LogP contribution in [0.3, 0.4) is 0 Å². The maximum Gasteiger partial charge on any atom is 0.441 e. The zero-order chi connectivity index (χ0) is 12.0. The molecule has 0 saturated carbocycles. The van der Waals surface area contributed by atoms with E-state index in [4.69, 9.17) is 10.3 Å². The Kier molecular flexibility index (Phi) is 4.17. The van der Waals surface area contributed by atoms with E-state index in [9.17, 15) is 9.59 Å². The minimum absolute atomic E-state index is 0.117. The number of nitrogens with one attached hydrogen (secondary N) is 1. The molecule has 0 atom stereocenters. The Hall–Kier alpha value is -2.20. The van der Waals surface area contributed by atoms with Crippen LogP contribution in [0.1, 0.15) is 12.6 Å². The fourth-order valence-corrected chi connectivity index (χ4v) is 1.10. The quantitative estimate of drug-likeness (QED) is 0.255. The summed E-state index contributed by atoms with van der Waals surface area (Å²) in [6, 6.07) is 3.67. The van der Waals surface area contributed by atoms with E-state index in [1.807, 2.05) is 12.1 Å². The summed E-state index contributed by atoms with van der Waals surface area (Å²) in [4.78, 5) is 27.5. The fourth-order valence-electron chi connectivity index (χ4n) is 1.10. The van der Waals surface area contributed by atoms with Crippen LogP contribution in [0.25, 0.3) is 5.53 Å². The van der Waals surface area contributed by atoms with Crippen molar-refractivity contribution in [3.8, 4) is 0 Å². The zero-order valence-electron chi connectivity index (χ0n) is 8.77. The number of esters is 1. The summed E-state index contributed by atoms with van der Waals surface area (Å²) in [6.07, 6.45) is 2.27. The van der Waals surface area contributed by atoms with Gasteiger partial charge in [-0.05, 0) is 12.1 Å². The van der Waals surface area contributed by atoms with Gasteiger partial charge in [0.15, 0.2) is 0 Å². The Balaban J connectivity index is 2.41. The number of hydrogen-bond donors (Lipinski definition) is 1. The van der Waals surface area contributed by atoms with Crippen molar-refractivity contribution in [2.45, 2.75) is 13.3 Å². The Morgan fingerprint density at radius 1 is 1.56 bits per heavy atom. The van der Waals surface area contributed by atoms with Crippen LogP contribution >= 0.6 is 0 Å². The summed E-state index contributed by atoms with van der Waals surface area (Å²) >= 11 is 0. The van der Waals surface area contributed by atoms with Gasteiger partial charge in [-0.25, -0.2) is 4.79 Å². The molecule has 1 aromatic rings. The van der Waals surface area contributed by atoms with Gasteiger partial charge in [-0.1, -0.05) is 0 Å². The van der Waals surface area contributed by atoms with Crippen LogP contribution < -0.4 is 0 Å². The Morgan fingerprint density at radius 2 is 2.31 bits per heavy atom. The highest BCUT2D eigenvalue weighted by molar-refractivity contribution is 6.61. The van der Waals surface area contributed by atoms with Gasteiger partial charge in [0.25, 0.3) is 0 Å². The Labute approximate surface area is 91.8 Å². The monoisotopic (exact) mass is 221 g/mol. The number of H-pyrrole nitrogens is 1. The molecule has 0 bridgehead atoms. The van der Waals surface area contributed by atoms with E-state index in [-0.39, 0.29) is 6.61 Å². The van der Waals surface area contributed by atoms with Crippen molar-refractivity contribution in [1.82, 2.24) is 4.98 Å². The van der Waals surface area contributed by atoms with Gasteiger partial charge in [-0.3, -0.25) is 4.79 Å². The van der Waals surface area contributed by atoms with Crippen molar-refractivity contribution in [2.24, 2.45) is 0 Å². The maximum atomic E-state index is 11.2. The highest BCUT2D eigenvalue weighted by Gasteiger charge is 2.27. The fraction of sp³-hybridized carbons (Fsp3) is 0.300. The summed E-state index contributed by atoms with van der Waals surface area (Å²) in [5.41, 5.74) is 8.73. The molecule has 0 aliphatic heterocycles. The Morgan fingerprint density at radius 3 is 2.81 bits per heavy atom. The first-order chi connectivity index (χ1) is 7.65. The first-order valence-electron chi connectivity index (χ1n) is 4.67. The van der Waals surface area contributed by atoms with Crippen LogP contribution in [-0.4, -0.2) is 33.8 Å². The summed E-state index contributed by atoms with van der Waals surface area (Å²) in [5.74, 6) is -1.55. The summed E-state index contributed by atoms with van der Waals surface area (Å²) < 4.78 is 4.76. The number of ketones is 1. The molecule has 0 aliphatic rings. The van der Waals surface area contributed by atoms with E-state index in [1.165, 1.54) is 0 Å². The van der Waals surface area contributed by atoms with Crippen LogP contribution in [0.15, 0.2) is 18.3 Å². The van der Waals surface area contributed by atoms with E-state index < -0.39 is 17.5 Å². The molecule has 1 aromatic heterocycles. The van der Waals surface area contributed by atoms with Crippen molar-refractivity contribution in [1.29, 1.82) is 0 Å². The molecule has 1 rings (SSSR count). The van der Waals surface area contributed by atoms with Crippen molar-refractivity contribution < 1.29 is 19.1 Å². The average Bonchev–Trinajstić information content (AvgIpc) is 2.71. The number of nitrogens with zero attached hydrogens (tertiary/aromatic N) is 2. The van der Waals surface area contributed by atoms with Crippen molar-refractivity contribution in [3.05, 3.63) is 29.6 Å². The van der Waals surface area contributed by atoms with Crippen molar-refractivity contribution in [3.63, 3.8) is 0 Å². The number of Topliss-reactive ketones (excluding diaryl/α,β-unsaturated/α-hetero) is 1. The number of carbonyl (C=O) groups excluding carboxylic acids is 2. The molecule has 0 amide bonds. The van der Waals surface area contributed by atoms with Gasteiger partial charge >= 0.3 is 11.7 Å². The molecule has 1 N–H and O–H groups in total. The number of aromatic amines is 1. The van der Waals surface area contributed by atoms with Crippen LogP contribution in [0.4, 0.5) is 0 Å². The van der Waals surface area contributed by atoms with Crippen LogP contribution in [0.5, 0.6) is 0 Å². The number of rotatable bonds is 5. The maximum absolute atomic E-state index is 11.2. The average molecular weight is 221 g/mol. The molecule has 1 heterocycles. The first kappa shape index (κ1) is 11.9. The standard InChI is InChI=1S/C10H11N3O3/c1-7(14)9(13-11)10(15)16-6-4-8-3-2-5-12-8/h2-3,5,12H,4,6H2,1H3. The lowest BCUT2D eigenvalue weighted by molar-refractivity contribution is -0.141. The van der Waals surface area contributed by atoms with Crippen LogP contribution in [-0.2, 0) is 20.7 Å². The van der Waals surface area contributed by atoms with Gasteiger partial charge in [0.2, 0.25) is 5.78 Å². The third kappa shape index (κ3) is 3.18. The minimum Gasteiger partial charge on any atom is -0.456 e. The molecule has 0 spiro atoms. The predicted octanol–water partition coefficient (Wildman–Crippen LogP) is 0.360. The van der Waals surface area contributed by atoms with Crippen LogP contribution in [0, 0.1) is 0 Å². The highest BCUT2D eigenvalue weighted by atomic mass is 16.5. The molecular formula is C10H11N3O3. The van der Waals surface area contributed by atoms with Gasteiger partial charge in [0, 0.05) is 25.2 Å². The highest BCUT2D eigenvalue weighted by Crippen LogP contribution is 1.96. The molecule has 6 heteroatoms. The second-order valence-corrected chi connectivity index (χ2v) is 3.09. The number of carbonyl (C=O) groups is 2. The Bertz CT molecular complexity index is 430. The van der Waals surface area contributed by atoms with Gasteiger partial charge in [-0.15, -0.1) is 0 Å². The zero-order valence-corrected chi connectivity index (χ0v) is 8.77. The van der Waals surface area contributed by atoms with Crippen LogP contribution in [0.2, 0.25) is 0 Å². The van der Waals surface area contributed by atoms with Gasteiger partial charge in [0.1, 0.15) is 0 Å². The first-order valence-corrected chi connectivity index (χ1v) is 4.67. The molecule has 0 aromatic carbocycles. The molecule has 0 fully saturated rings. The lowest BCUT2D eigenvalue weighted by atomic mass is 10.3. The molecule has 6 nitrogen and oxygen atoms in total. The number of hydrogen-bond acceptors (Lipinski definition) is 3. The lowest BCUT2D eigenvalue weighted by Gasteiger charge is -1.99. The predicted molar refractivity (Wildman–Crippen MR) is 54.8 cm³/mol. The topological polar surface area (TPSA) is 95.6 Å². The van der Waals surface area contributed by atoms with E-state index in [2.05, 4.69) is 9.77 Å². The smallest absolute Gasteiger partial charge is 0.441 e. The normalized spacial score (nSPS) is 9.31.